The quantitative estimate of drug-likeness (QED) is 0.745. The molecular weight excluding hydrogens is 296 g/mol. The van der Waals surface area contributed by atoms with Gasteiger partial charge in [-0.25, -0.2) is 0 Å². The highest BCUT2D eigenvalue weighted by Crippen LogP contribution is 2.46. The number of carbonyl (C=O) groups excluding carboxylic acids is 1. The zero-order valence-electron chi connectivity index (χ0n) is 12.7. The van der Waals surface area contributed by atoms with Crippen molar-refractivity contribution in [3.8, 4) is 0 Å². The van der Waals surface area contributed by atoms with E-state index in [4.69, 9.17) is 17.3 Å². The van der Waals surface area contributed by atoms with Crippen molar-refractivity contribution in [3.05, 3.63) is 60.2 Å². The third-order valence-electron chi connectivity index (χ3n) is 4.41. The molecule has 0 aliphatic heterocycles. The van der Waals surface area contributed by atoms with Gasteiger partial charge in [-0.05, 0) is 36.5 Å². The summed E-state index contributed by atoms with van der Waals surface area (Å²) in [5, 5.41) is 0.703. The van der Waals surface area contributed by atoms with Crippen molar-refractivity contribution < 1.29 is 4.79 Å². The van der Waals surface area contributed by atoms with Crippen LogP contribution in [-0.4, -0.2) is 23.9 Å². The van der Waals surface area contributed by atoms with Gasteiger partial charge in [-0.15, -0.1) is 13.2 Å². The van der Waals surface area contributed by atoms with Crippen LogP contribution in [0.2, 0.25) is 5.02 Å². The van der Waals surface area contributed by atoms with Gasteiger partial charge in [-0.1, -0.05) is 35.9 Å². The van der Waals surface area contributed by atoms with Crippen LogP contribution in [0.5, 0.6) is 0 Å². The van der Waals surface area contributed by atoms with Crippen molar-refractivity contribution in [3.63, 3.8) is 0 Å². The minimum atomic E-state index is -0.208. The summed E-state index contributed by atoms with van der Waals surface area (Å²) in [6, 6.07) is 7.94. The molecule has 1 aliphatic carbocycles. The van der Waals surface area contributed by atoms with E-state index in [1.807, 2.05) is 30.4 Å². The molecule has 2 N–H and O–H groups in total. The van der Waals surface area contributed by atoms with Gasteiger partial charge in [-0.3, -0.25) is 9.69 Å². The van der Waals surface area contributed by atoms with Gasteiger partial charge in [0.2, 0.25) is 5.91 Å². The Bertz CT molecular complexity index is 548. The van der Waals surface area contributed by atoms with Gasteiger partial charge in [0.1, 0.15) is 0 Å². The Morgan fingerprint density at radius 1 is 1.36 bits per heavy atom. The van der Waals surface area contributed by atoms with E-state index in [2.05, 4.69) is 24.1 Å². The number of rotatable bonds is 8. The number of halogens is 1. The predicted octanol–water partition coefficient (Wildman–Crippen LogP) is 3.57. The molecule has 3 unspecified atom stereocenters. The molecule has 0 aromatic heterocycles. The van der Waals surface area contributed by atoms with Gasteiger partial charge < -0.3 is 5.73 Å². The molecule has 4 heteroatoms. The number of nitrogens with zero attached hydrogens (tertiary/aromatic N) is 1. The largest absolute Gasteiger partial charge is 0.369 e. The zero-order valence-corrected chi connectivity index (χ0v) is 13.5. The van der Waals surface area contributed by atoms with Gasteiger partial charge in [0, 0.05) is 30.1 Å². The van der Waals surface area contributed by atoms with E-state index in [1.54, 1.807) is 0 Å². The number of primary amides is 1. The number of benzene rings is 1. The Morgan fingerprint density at radius 3 is 2.50 bits per heavy atom. The maximum absolute atomic E-state index is 11.7. The molecule has 1 saturated carbocycles. The highest BCUT2D eigenvalue weighted by Gasteiger charge is 2.42. The van der Waals surface area contributed by atoms with Crippen molar-refractivity contribution in [2.24, 2.45) is 17.6 Å². The highest BCUT2D eigenvalue weighted by molar-refractivity contribution is 6.30. The maximum atomic E-state index is 11.7. The maximum Gasteiger partial charge on any atom is 0.220 e. The van der Waals surface area contributed by atoms with Crippen LogP contribution in [-0.2, 0) is 4.79 Å². The van der Waals surface area contributed by atoms with Crippen molar-refractivity contribution in [1.29, 1.82) is 0 Å². The molecule has 0 bridgehead atoms. The van der Waals surface area contributed by atoms with E-state index in [-0.39, 0.29) is 23.8 Å². The molecule has 0 saturated heterocycles. The molecule has 0 radical (unpaired) electrons. The van der Waals surface area contributed by atoms with Crippen LogP contribution in [0.1, 0.15) is 24.4 Å². The van der Waals surface area contributed by atoms with Crippen molar-refractivity contribution in [2.75, 3.05) is 13.1 Å². The number of hydrogen-bond acceptors (Lipinski definition) is 2. The Hall–Kier alpha value is -1.58. The molecule has 0 heterocycles. The molecule has 3 atom stereocenters. The van der Waals surface area contributed by atoms with Crippen LogP contribution >= 0.6 is 11.6 Å². The lowest BCUT2D eigenvalue weighted by Crippen LogP contribution is -2.46. The van der Waals surface area contributed by atoms with Crippen LogP contribution < -0.4 is 5.73 Å². The summed E-state index contributed by atoms with van der Waals surface area (Å²) in [6.07, 6.45) is 5.61. The molecule has 118 valence electrons. The Labute approximate surface area is 137 Å². The summed E-state index contributed by atoms with van der Waals surface area (Å²) >= 11 is 6.16. The molecule has 3 nitrogen and oxygen atoms in total. The van der Waals surface area contributed by atoms with Crippen LogP contribution in [0.4, 0.5) is 0 Å². The molecule has 1 fully saturated rings. The highest BCUT2D eigenvalue weighted by atomic mass is 35.5. The van der Waals surface area contributed by atoms with Gasteiger partial charge >= 0.3 is 0 Å². The van der Waals surface area contributed by atoms with E-state index >= 15 is 0 Å². The molecule has 1 amide bonds. The normalized spacial score (nSPS) is 21.9. The lowest BCUT2D eigenvalue weighted by atomic mass is 9.67. The molecule has 1 aromatic rings. The summed E-state index contributed by atoms with van der Waals surface area (Å²) in [7, 11) is 0. The number of amides is 1. The molecule has 1 aliphatic rings. The summed E-state index contributed by atoms with van der Waals surface area (Å²) in [4.78, 5) is 13.9. The van der Waals surface area contributed by atoms with E-state index in [9.17, 15) is 4.79 Å². The summed E-state index contributed by atoms with van der Waals surface area (Å²) in [5.74, 6) is -0.0580. The van der Waals surface area contributed by atoms with Gasteiger partial charge in [0.05, 0.1) is 0 Å². The first-order valence-corrected chi connectivity index (χ1v) is 7.97. The van der Waals surface area contributed by atoms with Crippen LogP contribution in [0.25, 0.3) is 0 Å². The number of hydrogen-bond donors (Lipinski definition) is 1. The fraction of sp³-hybridized carbons (Fsp3) is 0.389. The van der Waals surface area contributed by atoms with Gasteiger partial charge in [-0.2, -0.15) is 0 Å². The second-order valence-corrected chi connectivity index (χ2v) is 6.22. The topological polar surface area (TPSA) is 46.3 Å². The van der Waals surface area contributed by atoms with E-state index < -0.39 is 0 Å². The third-order valence-corrected chi connectivity index (χ3v) is 4.64. The van der Waals surface area contributed by atoms with Crippen molar-refractivity contribution in [2.45, 2.75) is 18.9 Å². The fourth-order valence-corrected chi connectivity index (χ4v) is 3.51. The SMILES string of the molecule is C=CCN(CC=C)C(c1cccc(Cl)c1)C1CCC1C(N)=O. The molecule has 1 aromatic carbocycles. The van der Waals surface area contributed by atoms with Crippen LogP contribution in [0, 0.1) is 11.8 Å². The molecule has 22 heavy (non-hydrogen) atoms. The number of nitrogens with two attached hydrogens (primary N) is 1. The monoisotopic (exact) mass is 318 g/mol. The van der Waals surface area contributed by atoms with E-state index in [0.717, 1.165) is 31.5 Å². The minimum Gasteiger partial charge on any atom is -0.369 e. The van der Waals surface area contributed by atoms with Crippen molar-refractivity contribution in [1.82, 2.24) is 4.90 Å². The van der Waals surface area contributed by atoms with Crippen LogP contribution in [0.3, 0.4) is 0 Å². The van der Waals surface area contributed by atoms with E-state index in [1.165, 1.54) is 0 Å². The first kappa shape index (κ1) is 16.8. The lowest BCUT2D eigenvalue weighted by molar-refractivity contribution is -0.129. The second-order valence-electron chi connectivity index (χ2n) is 5.78. The molecule has 2 rings (SSSR count). The second kappa shape index (κ2) is 7.61. The average molecular weight is 319 g/mol. The fourth-order valence-electron chi connectivity index (χ4n) is 3.31. The predicted molar refractivity (Wildman–Crippen MR) is 91.6 cm³/mol. The summed E-state index contributed by atoms with van der Waals surface area (Å²) in [5.41, 5.74) is 6.68. The standard InChI is InChI=1S/C18H23ClN2O/c1-3-10-21(11-4-2)17(13-6-5-7-14(19)12-13)15-8-9-16(15)18(20)22/h3-7,12,15-17H,1-2,8-11H2,(H2,20,22). The Balaban J connectivity index is 2.37. The number of carbonyl (C=O) groups is 1. The molecule has 0 spiro atoms. The smallest absolute Gasteiger partial charge is 0.220 e. The lowest BCUT2D eigenvalue weighted by Gasteiger charge is -2.45. The third kappa shape index (κ3) is 3.60. The first-order chi connectivity index (χ1) is 10.6. The molecular formula is C18H23ClN2O. The summed E-state index contributed by atoms with van der Waals surface area (Å²) in [6.45, 7) is 9.13. The average Bonchev–Trinajstić information content (AvgIpc) is 2.42. The first-order valence-electron chi connectivity index (χ1n) is 7.59. The zero-order chi connectivity index (χ0) is 16.1. The van der Waals surface area contributed by atoms with Gasteiger partial charge in [0.15, 0.2) is 0 Å². The van der Waals surface area contributed by atoms with Crippen LogP contribution in [0.15, 0.2) is 49.6 Å². The Kier molecular flexibility index (Phi) is 5.81. The van der Waals surface area contributed by atoms with Gasteiger partial charge in [0.25, 0.3) is 0 Å². The Morgan fingerprint density at radius 2 is 2.05 bits per heavy atom. The van der Waals surface area contributed by atoms with E-state index in [0.29, 0.717) is 5.02 Å². The summed E-state index contributed by atoms with van der Waals surface area (Å²) < 4.78 is 0. The minimum absolute atomic E-state index is 0.0684. The van der Waals surface area contributed by atoms with Crippen molar-refractivity contribution >= 4 is 17.5 Å².